The van der Waals surface area contributed by atoms with Gasteiger partial charge in [0.2, 0.25) is 5.82 Å². The summed E-state index contributed by atoms with van der Waals surface area (Å²) >= 11 is 0. The van der Waals surface area contributed by atoms with Crippen LogP contribution in [0.15, 0.2) is 24.3 Å². The maximum absolute atomic E-state index is 11.5. The van der Waals surface area contributed by atoms with Gasteiger partial charge in [0.15, 0.2) is 0 Å². The Morgan fingerprint density at radius 2 is 2.00 bits per heavy atom. The molecule has 2 heterocycles. The molecule has 1 aromatic heterocycles. The standard InChI is InChI=1S/C17H23N5O3/c1-3-15-16(22(24)25)17(19(2)18-15)21-9-7-20(8-10-21)12-13-5-4-6-14(23)11-13/h4-6,11,23H,3,7-10,12H2,1-2H3. The van der Waals surface area contributed by atoms with Crippen molar-refractivity contribution in [2.45, 2.75) is 19.9 Å². The summed E-state index contributed by atoms with van der Waals surface area (Å²) in [5, 5.41) is 25.4. The summed E-state index contributed by atoms with van der Waals surface area (Å²) in [6.07, 6.45) is 0.543. The molecule has 3 rings (SSSR count). The smallest absolute Gasteiger partial charge is 0.334 e. The highest BCUT2D eigenvalue weighted by molar-refractivity contribution is 5.61. The minimum Gasteiger partial charge on any atom is -0.508 e. The first-order valence-corrected chi connectivity index (χ1v) is 8.45. The van der Waals surface area contributed by atoms with E-state index in [0.717, 1.165) is 25.2 Å². The topological polar surface area (TPSA) is 87.7 Å². The number of hydrogen-bond acceptors (Lipinski definition) is 6. The monoisotopic (exact) mass is 345 g/mol. The van der Waals surface area contributed by atoms with Crippen molar-refractivity contribution in [1.82, 2.24) is 14.7 Å². The lowest BCUT2D eigenvalue weighted by molar-refractivity contribution is -0.384. The lowest BCUT2D eigenvalue weighted by Gasteiger charge is -2.35. The first kappa shape index (κ1) is 17.2. The lowest BCUT2D eigenvalue weighted by atomic mass is 10.2. The molecule has 0 atom stereocenters. The van der Waals surface area contributed by atoms with Gasteiger partial charge in [0.1, 0.15) is 11.4 Å². The molecule has 1 aliphatic heterocycles. The number of benzene rings is 1. The molecule has 0 aliphatic carbocycles. The van der Waals surface area contributed by atoms with Crippen LogP contribution >= 0.6 is 0 Å². The first-order valence-electron chi connectivity index (χ1n) is 8.45. The van der Waals surface area contributed by atoms with E-state index in [-0.39, 0.29) is 16.4 Å². The highest BCUT2D eigenvalue weighted by atomic mass is 16.6. The second-order valence-corrected chi connectivity index (χ2v) is 6.29. The molecule has 1 saturated heterocycles. The van der Waals surface area contributed by atoms with Gasteiger partial charge in [-0.3, -0.25) is 15.0 Å². The molecule has 1 N–H and O–H groups in total. The Morgan fingerprint density at radius 3 is 2.60 bits per heavy atom. The highest BCUT2D eigenvalue weighted by Gasteiger charge is 2.31. The maximum Gasteiger partial charge on any atom is 0.334 e. The molecular formula is C17H23N5O3. The molecule has 1 aromatic carbocycles. The van der Waals surface area contributed by atoms with Crippen molar-refractivity contribution in [1.29, 1.82) is 0 Å². The molecule has 25 heavy (non-hydrogen) atoms. The normalized spacial score (nSPS) is 15.5. The molecule has 1 aliphatic rings. The molecule has 1 fully saturated rings. The quantitative estimate of drug-likeness (QED) is 0.658. The number of piperazine rings is 1. The molecule has 0 amide bonds. The number of hydrogen-bond donors (Lipinski definition) is 1. The summed E-state index contributed by atoms with van der Waals surface area (Å²) in [5.41, 5.74) is 1.73. The Bertz CT molecular complexity index is 766. The molecule has 8 heteroatoms. The van der Waals surface area contributed by atoms with Crippen LogP contribution in [0.5, 0.6) is 5.75 Å². The van der Waals surface area contributed by atoms with Gasteiger partial charge < -0.3 is 10.0 Å². The molecule has 0 spiro atoms. The van der Waals surface area contributed by atoms with Gasteiger partial charge in [0, 0.05) is 39.8 Å². The van der Waals surface area contributed by atoms with Gasteiger partial charge in [-0.1, -0.05) is 19.1 Å². The number of rotatable bonds is 5. The van der Waals surface area contributed by atoms with Gasteiger partial charge in [-0.05, 0) is 24.1 Å². The van der Waals surface area contributed by atoms with E-state index in [1.807, 2.05) is 24.0 Å². The third kappa shape index (κ3) is 3.58. The predicted octanol–water partition coefficient (Wildman–Crippen LogP) is 1.92. The fraction of sp³-hybridized carbons (Fsp3) is 0.471. The summed E-state index contributed by atoms with van der Waals surface area (Å²) in [6, 6.07) is 7.26. The van der Waals surface area contributed by atoms with Crippen molar-refractivity contribution in [3.63, 3.8) is 0 Å². The van der Waals surface area contributed by atoms with E-state index in [4.69, 9.17) is 0 Å². The van der Waals surface area contributed by atoms with Gasteiger partial charge in [-0.15, -0.1) is 0 Å². The molecule has 0 radical (unpaired) electrons. The Labute approximate surface area is 146 Å². The van der Waals surface area contributed by atoms with Crippen molar-refractivity contribution in [3.05, 3.63) is 45.6 Å². The van der Waals surface area contributed by atoms with Crippen LogP contribution in [0.1, 0.15) is 18.2 Å². The number of nitrogens with zero attached hydrogens (tertiary/aromatic N) is 5. The van der Waals surface area contributed by atoms with Crippen LogP contribution in [0, 0.1) is 10.1 Å². The molecule has 0 bridgehead atoms. The second-order valence-electron chi connectivity index (χ2n) is 6.29. The van der Waals surface area contributed by atoms with Crippen molar-refractivity contribution in [3.8, 4) is 5.75 Å². The first-order chi connectivity index (χ1) is 12.0. The number of aromatic hydroxyl groups is 1. The molecule has 134 valence electrons. The lowest BCUT2D eigenvalue weighted by Crippen LogP contribution is -2.46. The van der Waals surface area contributed by atoms with Gasteiger partial charge in [0.25, 0.3) is 0 Å². The number of phenolic OH excluding ortho intramolecular Hbond substituents is 1. The van der Waals surface area contributed by atoms with Crippen molar-refractivity contribution in [2.75, 3.05) is 31.1 Å². The number of nitro groups is 1. The van der Waals surface area contributed by atoms with Crippen molar-refractivity contribution in [2.24, 2.45) is 7.05 Å². The molecule has 0 unspecified atom stereocenters. The van der Waals surface area contributed by atoms with E-state index >= 15 is 0 Å². The molecule has 0 saturated carbocycles. The predicted molar refractivity (Wildman–Crippen MR) is 94.8 cm³/mol. The average Bonchev–Trinajstić information content (AvgIpc) is 2.92. The molecule has 8 nitrogen and oxygen atoms in total. The van der Waals surface area contributed by atoms with Crippen LogP contribution in [0.2, 0.25) is 0 Å². The summed E-state index contributed by atoms with van der Waals surface area (Å²) in [4.78, 5) is 15.5. The van der Waals surface area contributed by atoms with E-state index in [1.165, 1.54) is 0 Å². The second kappa shape index (κ2) is 7.10. The van der Waals surface area contributed by atoms with Crippen molar-refractivity contribution >= 4 is 11.5 Å². The molecular weight excluding hydrogens is 322 g/mol. The zero-order valence-electron chi connectivity index (χ0n) is 14.6. The van der Waals surface area contributed by atoms with Gasteiger partial charge in [-0.25, -0.2) is 4.68 Å². The van der Waals surface area contributed by atoms with Gasteiger partial charge in [0.05, 0.1) is 4.92 Å². The number of anilines is 1. The van der Waals surface area contributed by atoms with E-state index in [2.05, 4.69) is 10.00 Å². The Hall–Kier alpha value is -2.61. The minimum absolute atomic E-state index is 0.131. The van der Waals surface area contributed by atoms with Crippen LogP contribution in [-0.2, 0) is 20.0 Å². The average molecular weight is 345 g/mol. The van der Waals surface area contributed by atoms with Gasteiger partial charge in [-0.2, -0.15) is 5.10 Å². The van der Waals surface area contributed by atoms with E-state index < -0.39 is 0 Å². The van der Waals surface area contributed by atoms with Crippen molar-refractivity contribution < 1.29 is 10.0 Å². The zero-order valence-corrected chi connectivity index (χ0v) is 14.6. The fourth-order valence-corrected chi connectivity index (χ4v) is 3.37. The third-order valence-electron chi connectivity index (χ3n) is 4.57. The van der Waals surface area contributed by atoms with E-state index in [1.54, 1.807) is 23.9 Å². The van der Waals surface area contributed by atoms with Crippen LogP contribution in [0.25, 0.3) is 0 Å². The Balaban J connectivity index is 1.70. The maximum atomic E-state index is 11.5. The summed E-state index contributed by atoms with van der Waals surface area (Å²) in [7, 11) is 1.76. The van der Waals surface area contributed by atoms with Gasteiger partial charge >= 0.3 is 5.69 Å². The van der Waals surface area contributed by atoms with E-state index in [9.17, 15) is 15.2 Å². The Morgan fingerprint density at radius 1 is 1.28 bits per heavy atom. The van der Waals surface area contributed by atoms with Crippen LogP contribution in [-0.4, -0.2) is 50.9 Å². The Kier molecular flexibility index (Phi) is 4.89. The molecule has 2 aromatic rings. The zero-order chi connectivity index (χ0) is 18.0. The summed E-state index contributed by atoms with van der Waals surface area (Å²) in [6.45, 7) is 5.67. The largest absolute Gasteiger partial charge is 0.508 e. The SMILES string of the molecule is CCc1nn(C)c(N2CCN(Cc3cccc(O)c3)CC2)c1[N+](=O)[O-]. The number of aryl methyl sites for hydroxylation is 2. The van der Waals surface area contributed by atoms with Crippen LogP contribution in [0.4, 0.5) is 11.5 Å². The van der Waals surface area contributed by atoms with Crippen LogP contribution < -0.4 is 4.90 Å². The number of aromatic nitrogens is 2. The van der Waals surface area contributed by atoms with Crippen LogP contribution in [0.3, 0.4) is 0 Å². The third-order valence-corrected chi connectivity index (χ3v) is 4.57. The summed E-state index contributed by atoms with van der Waals surface area (Å²) in [5.74, 6) is 0.868. The fourth-order valence-electron chi connectivity index (χ4n) is 3.37. The highest BCUT2D eigenvalue weighted by Crippen LogP contribution is 2.32. The van der Waals surface area contributed by atoms with E-state index in [0.29, 0.717) is 31.0 Å². The number of phenols is 1. The minimum atomic E-state index is -0.319. The summed E-state index contributed by atoms with van der Waals surface area (Å²) < 4.78 is 1.63.